The van der Waals surface area contributed by atoms with Crippen molar-refractivity contribution in [1.82, 2.24) is 0 Å². The van der Waals surface area contributed by atoms with Crippen LogP contribution in [0.4, 0.5) is 5.69 Å². The minimum atomic E-state index is -1.87. The lowest BCUT2D eigenvalue weighted by Gasteiger charge is -2.21. The van der Waals surface area contributed by atoms with E-state index in [-0.39, 0.29) is 12.2 Å². The molecule has 0 spiro atoms. The zero-order valence-corrected chi connectivity index (χ0v) is 13.7. The maximum atomic E-state index is 12.7. The summed E-state index contributed by atoms with van der Waals surface area (Å²) in [5.74, 6) is 0.156. The van der Waals surface area contributed by atoms with E-state index in [4.69, 9.17) is 9.47 Å². The van der Waals surface area contributed by atoms with Gasteiger partial charge in [-0.3, -0.25) is 9.59 Å². The number of fused-ring (bicyclic) bond motifs is 2. The van der Waals surface area contributed by atoms with Gasteiger partial charge < -0.3 is 19.9 Å². The summed E-state index contributed by atoms with van der Waals surface area (Å²) in [4.78, 5) is 25.0. The zero-order chi connectivity index (χ0) is 17.6. The molecule has 2 aromatic rings. The lowest BCUT2D eigenvalue weighted by atomic mass is 9.87. The van der Waals surface area contributed by atoms with Gasteiger partial charge in [-0.25, -0.2) is 0 Å². The van der Waals surface area contributed by atoms with Gasteiger partial charge in [-0.2, -0.15) is 0 Å². The van der Waals surface area contributed by atoms with E-state index in [1.54, 1.807) is 30.3 Å². The number of Topliss-reactive ketones (excluding diaryl/α,β-unsaturated/α-hetero) is 1. The maximum Gasteiger partial charge on any atom is 0.261 e. The van der Waals surface area contributed by atoms with E-state index in [2.05, 4.69) is 5.32 Å². The molecule has 2 aliphatic heterocycles. The molecule has 0 radical (unpaired) electrons. The predicted molar refractivity (Wildman–Crippen MR) is 90.1 cm³/mol. The fraction of sp³-hybridized carbons (Fsp3) is 0.263. The highest BCUT2D eigenvalue weighted by Gasteiger charge is 2.47. The molecular weight excluding hydrogens is 322 g/mol. The van der Waals surface area contributed by atoms with E-state index < -0.39 is 11.5 Å². The Morgan fingerprint density at radius 2 is 1.96 bits per heavy atom. The molecule has 128 valence electrons. The molecule has 0 bridgehead atoms. The monoisotopic (exact) mass is 339 g/mol. The van der Waals surface area contributed by atoms with Crippen LogP contribution >= 0.6 is 0 Å². The summed E-state index contributed by atoms with van der Waals surface area (Å²) in [7, 11) is 0. The van der Waals surface area contributed by atoms with E-state index in [1.807, 2.05) is 13.0 Å². The molecule has 2 aliphatic rings. The first-order valence-electron chi connectivity index (χ1n) is 8.06. The Morgan fingerprint density at radius 1 is 1.20 bits per heavy atom. The van der Waals surface area contributed by atoms with Gasteiger partial charge in [-0.15, -0.1) is 0 Å². The molecular formula is C19H17NO5. The second-order valence-electron chi connectivity index (χ2n) is 6.27. The Hall–Kier alpha value is -2.86. The van der Waals surface area contributed by atoms with Crippen molar-refractivity contribution in [1.29, 1.82) is 0 Å². The van der Waals surface area contributed by atoms with E-state index in [0.717, 1.165) is 5.56 Å². The minimum Gasteiger partial charge on any atom is -0.486 e. The SMILES string of the molecule is Cc1cccc2c1NC(=O)C2(O)CC(=O)c1ccc2c(c1)OCCO2. The molecule has 25 heavy (non-hydrogen) atoms. The number of hydrogen-bond acceptors (Lipinski definition) is 5. The molecule has 6 heteroatoms. The number of rotatable bonds is 3. The summed E-state index contributed by atoms with van der Waals surface area (Å²) < 4.78 is 10.9. The van der Waals surface area contributed by atoms with Crippen molar-refractivity contribution in [2.45, 2.75) is 18.9 Å². The van der Waals surface area contributed by atoms with Crippen LogP contribution in [0.15, 0.2) is 36.4 Å². The molecule has 0 fully saturated rings. The van der Waals surface area contributed by atoms with Crippen LogP contribution in [0.1, 0.15) is 27.9 Å². The number of benzene rings is 2. The first kappa shape index (κ1) is 15.7. The molecule has 6 nitrogen and oxygen atoms in total. The van der Waals surface area contributed by atoms with Crippen molar-refractivity contribution >= 4 is 17.4 Å². The summed E-state index contributed by atoms with van der Waals surface area (Å²) in [5.41, 5.74) is 0.347. The Bertz CT molecular complexity index is 891. The van der Waals surface area contributed by atoms with Gasteiger partial charge in [0.05, 0.1) is 12.1 Å². The Balaban J connectivity index is 1.65. The van der Waals surface area contributed by atoms with E-state index >= 15 is 0 Å². The van der Waals surface area contributed by atoms with E-state index in [9.17, 15) is 14.7 Å². The van der Waals surface area contributed by atoms with Crippen molar-refractivity contribution in [3.8, 4) is 11.5 Å². The number of ketones is 1. The van der Waals surface area contributed by atoms with Gasteiger partial charge in [-0.1, -0.05) is 18.2 Å². The summed E-state index contributed by atoms with van der Waals surface area (Å²) in [5, 5.41) is 13.6. The average Bonchev–Trinajstić information content (AvgIpc) is 2.87. The standard InChI is InChI=1S/C19H17NO5/c1-11-3-2-4-13-17(11)20-18(22)19(13,23)10-14(21)12-5-6-15-16(9-12)25-8-7-24-15/h2-6,9,23H,7-8,10H2,1H3,(H,20,22). The molecule has 1 unspecified atom stereocenters. The molecule has 4 rings (SSSR count). The molecule has 2 heterocycles. The number of nitrogens with one attached hydrogen (secondary N) is 1. The Morgan fingerprint density at radius 3 is 2.76 bits per heavy atom. The third-order valence-electron chi connectivity index (χ3n) is 4.61. The lowest BCUT2D eigenvalue weighted by Crippen LogP contribution is -2.36. The fourth-order valence-corrected chi connectivity index (χ4v) is 3.24. The number of anilines is 1. The minimum absolute atomic E-state index is 0.338. The highest BCUT2D eigenvalue weighted by Crippen LogP contribution is 2.41. The number of para-hydroxylation sites is 1. The van der Waals surface area contributed by atoms with Crippen LogP contribution in [0.5, 0.6) is 11.5 Å². The van der Waals surface area contributed by atoms with Crippen LogP contribution in [-0.2, 0) is 10.4 Å². The summed E-state index contributed by atoms with van der Waals surface area (Å²) in [6, 6.07) is 10.1. The van der Waals surface area contributed by atoms with Gasteiger partial charge in [0, 0.05) is 11.1 Å². The quantitative estimate of drug-likeness (QED) is 0.837. The summed E-state index contributed by atoms with van der Waals surface area (Å²) in [6.07, 6.45) is -0.338. The second-order valence-corrected chi connectivity index (χ2v) is 6.27. The number of aliphatic hydroxyl groups is 1. The molecule has 0 saturated heterocycles. The predicted octanol–water partition coefficient (Wildman–Crippen LogP) is 2.18. The summed E-state index contributed by atoms with van der Waals surface area (Å²) in [6.45, 7) is 2.73. The van der Waals surface area contributed by atoms with Crippen molar-refractivity contribution in [3.05, 3.63) is 53.1 Å². The smallest absolute Gasteiger partial charge is 0.261 e. The molecule has 2 N–H and O–H groups in total. The van der Waals surface area contributed by atoms with Crippen molar-refractivity contribution in [2.75, 3.05) is 18.5 Å². The third kappa shape index (κ3) is 2.46. The number of ether oxygens (including phenoxy) is 2. The first-order chi connectivity index (χ1) is 12.0. The van der Waals surface area contributed by atoms with Gasteiger partial charge >= 0.3 is 0 Å². The number of amides is 1. The second kappa shape index (κ2) is 5.60. The van der Waals surface area contributed by atoms with Crippen LogP contribution in [-0.4, -0.2) is 30.0 Å². The maximum absolute atomic E-state index is 12.7. The van der Waals surface area contributed by atoms with Gasteiger partial charge in [0.25, 0.3) is 5.91 Å². The molecule has 1 amide bonds. The van der Waals surface area contributed by atoms with Gasteiger partial charge in [0.1, 0.15) is 13.2 Å². The average molecular weight is 339 g/mol. The zero-order valence-electron chi connectivity index (χ0n) is 13.7. The molecule has 0 aliphatic carbocycles. The molecule has 1 atom stereocenters. The number of carbonyl (C=O) groups is 2. The normalized spacial score (nSPS) is 20.8. The number of carbonyl (C=O) groups excluding carboxylic acids is 2. The first-order valence-corrected chi connectivity index (χ1v) is 8.06. The van der Waals surface area contributed by atoms with Gasteiger partial charge in [0.15, 0.2) is 22.9 Å². The molecule has 0 aromatic heterocycles. The van der Waals surface area contributed by atoms with Gasteiger partial charge in [-0.05, 0) is 30.7 Å². The Labute approximate surface area is 144 Å². The largest absolute Gasteiger partial charge is 0.486 e. The van der Waals surface area contributed by atoms with Crippen LogP contribution in [0.3, 0.4) is 0 Å². The number of aryl methyl sites for hydroxylation is 1. The Kier molecular flexibility index (Phi) is 3.51. The van der Waals surface area contributed by atoms with Crippen LogP contribution in [0, 0.1) is 6.92 Å². The lowest BCUT2D eigenvalue weighted by molar-refractivity contribution is -0.133. The topological polar surface area (TPSA) is 84.9 Å². The van der Waals surface area contributed by atoms with Crippen LogP contribution in [0.25, 0.3) is 0 Å². The van der Waals surface area contributed by atoms with Crippen molar-refractivity contribution in [2.24, 2.45) is 0 Å². The van der Waals surface area contributed by atoms with Crippen LogP contribution < -0.4 is 14.8 Å². The van der Waals surface area contributed by atoms with Crippen LogP contribution in [0.2, 0.25) is 0 Å². The van der Waals surface area contributed by atoms with E-state index in [1.165, 1.54) is 0 Å². The van der Waals surface area contributed by atoms with E-state index in [0.29, 0.717) is 41.5 Å². The van der Waals surface area contributed by atoms with Crippen molar-refractivity contribution < 1.29 is 24.2 Å². The highest BCUT2D eigenvalue weighted by atomic mass is 16.6. The number of hydrogen-bond donors (Lipinski definition) is 2. The highest BCUT2D eigenvalue weighted by molar-refractivity contribution is 6.10. The summed E-state index contributed by atoms with van der Waals surface area (Å²) >= 11 is 0. The third-order valence-corrected chi connectivity index (χ3v) is 4.61. The fourth-order valence-electron chi connectivity index (χ4n) is 3.24. The van der Waals surface area contributed by atoms with Gasteiger partial charge in [0.2, 0.25) is 0 Å². The van der Waals surface area contributed by atoms with Crippen molar-refractivity contribution in [3.63, 3.8) is 0 Å². The molecule has 2 aromatic carbocycles. The molecule has 0 saturated carbocycles.